The molecule has 0 N–H and O–H groups in total. The first-order valence-corrected chi connectivity index (χ1v) is 9.99. The van der Waals surface area contributed by atoms with Crippen molar-refractivity contribution in [2.75, 3.05) is 33.3 Å². The van der Waals surface area contributed by atoms with E-state index in [-0.39, 0.29) is 23.7 Å². The largest absolute Gasteiger partial charge is 0.496 e. The van der Waals surface area contributed by atoms with Crippen molar-refractivity contribution in [3.05, 3.63) is 41.0 Å². The smallest absolute Gasteiger partial charge is 0.254 e. The summed E-state index contributed by atoms with van der Waals surface area (Å²) >= 11 is 0. The molecule has 8 heteroatoms. The van der Waals surface area contributed by atoms with Crippen LogP contribution in [-0.4, -0.2) is 65.0 Å². The van der Waals surface area contributed by atoms with Crippen LogP contribution in [0.2, 0.25) is 0 Å². The fourth-order valence-corrected chi connectivity index (χ4v) is 4.07. The van der Waals surface area contributed by atoms with Crippen LogP contribution in [0.1, 0.15) is 59.2 Å². The number of carbonyl (C=O) groups excluding carboxylic acids is 2. The number of hydrogen-bond acceptors (Lipinski definition) is 6. The van der Waals surface area contributed by atoms with E-state index in [1.807, 2.05) is 30.0 Å². The highest BCUT2D eigenvalue weighted by Gasteiger charge is 2.37. The second-order valence-electron chi connectivity index (χ2n) is 7.81. The molecule has 3 heterocycles. The Morgan fingerprint density at radius 2 is 1.86 bits per heavy atom. The molecule has 0 bridgehead atoms. The summed E-state index contributed by atoms with van der Waals surface area (Å²) in [5.41, 5.74) is 1.51. The van der Waals surface area contributed by atoms with Gasteiger partial charge in [0, 0.05) is 50.1 Å². The van der Waals surface area contributed by atoms with Crippen LogP contribution >= 0.6 is 0 Å². The summed E-state index contributed by atoms with van der Waals surface area (Å²) in [5, 5.41) is 4.17. The summed E-state index contributed by atoms with van der Waals surface area (Å²) in [6.45, 7) is 6.10. The van der Waals surface area contributed by atoms with Gasteiger partial charge in [0.25, 0.3) is 5.91 Å². The Morgan fingerprint density at radius 1 is 1.14 bits per heavy atom. The average Bonchev–Trinajstić information content (AvgIpc) is 3.16. The number of methoxy groups -OCH3 is 1. The van der Waals surface area contributed by atoms with Gasteiger partial charge in [0.1, 0.15) is 5.75 Å². The number of likely N-dealkylation sites (tertiary alicyclic amines) is 2. The van der Waals surface area contributed by atoms with E-state index >= 15 is 0 Å². The summed E-state index contributed by atoms with van der Waals surface area (Å²) in [6.07, 6.45) is 1.70. The van der Waals surface area contributed by atoms with E-state index < -0.39 is 0 Å². The number of nitrogens with zero attached hydrogens (tertiary/aromatic N) is 4. The highest BCUT2D eigenvalue weighted by atomic mass is 16.5. The Balaban J connectivity index is 1.35. The van der Waals surface area contributed by atoms with E-state index in [9.17, 15) is 9.59 Å². The maximum Gasteiger partial charge on any atom is 0.254 e. The lowest BCUT2D eigenvalue weighted by Gasteiger charge is -2.37. The molecular weight excluding hydrogens is 372 g/mol. The van der Waals surface area contributed by atoms with Crippen molar-refractivity contribution in [3.8, 4) is 5.75 Å². The third-order valence-corrected chi connectivity index (χ3v) is 6.02. The molecular formula is C21H26N4O4. The number of aromatic nitrogens is 2. The minimum atomic E-state index is -0.00556. The molecule has 154 valence electrons. The molecule has 0 saturated carbocycles. The van der Waals surface area contributed by atoms with Crippen molar-refractivity contribution in [1.82, 2.24) is 19.9 Å². The van der Waals surface area contributed by atoms with E-state index in [1.54, 1.807) is 18.9 Å². The van der Waals surface area contributed by atoms with Gasteiger partial charge in [-0.1, -0.05) is 11.2 Å². The number of piperidine rings is 1. The van der Waals surface area contributed by atoms with Crippen LogP contribution in [0.15, 0.2) is 22.7 Å². The van der Waals surface area contributed by atoms with Gasteiger partial charge in [-0.05, 0) is 31.9 Å². The second-order valence-corrected chi connectivity index (χ2v) is 7.81. The van der Waals surface area contributed by atoms with Gasteiger partial charge < -0.3 is 19.1 Å². The maximum absolute atomic E-state index is 12.8. The van der Waals surface area contributed by atoms with Crippen molar-refractivity contribution < 1.29 is 18.8 Å². The summed E-state index contributed by atoms with van der Waals surface area (Å²) in [7, 11) is 1.60. The van der Waals surface area contributed by atoms with E-state index in [4.69, 9.17) is 9.26 Å². The Kier molecular flexibility index (Phi) is 5.25. The van der Waals surface area contributed by atoms with Gasteiger partial charge in [0.05, 0.1) is 13.0 Å². The fourth-order valence-electron chi connectivity index (χ4n) is 4.07. The lowest BCUT2D eigenvalue weighted by atomic mass is 9.95. The fraction of sp³-hybridized carbons (Fsp3) is 0.524. The summed E-state index contributed by atoms with van der Waals surface area (Å²) in [4.78, 5) is 32.5. The van der Waals surface area contributed by atoms with Crippen molar-refractivity contribution in [2.45, 2.75) is 38.5 Å². The molecule has 4 rings (SSSR count). The molecule has 1 aromatic carbocycles. The van der Waals surface area contributed by atoms with Crippen LogP contribution < -0.4 is 4.74 Å². The predicted molar refractivity (Wildman–Crippen MR) is 105 cm³/mol. The van der Waals surface area contributed by atoms with Gasteiger partial charge in [-0.3, -0.25) is 9.59 Å². The first-order valence-electron chi connectivity index (χ1n) is 9.99. The molecule has 2 fully saturated rings. The highest BCUT2D eigenvalue weighted by Crippen LogP contribution is 2.32. The SMILES string of the molecule is COc1cccc(C(=O)N2CC(c3nc(C4CCN(C(C)=O)CC4)no3)C2)c1C. The van der Waals surface area contributed by atoms with Crippen LogP contribution in [0.5, 0.6) is 5.75 Å². The molecule has 8 nitrogen and oxygen atoms in total. The highest BCUT2D eigenvalue weighted by molar-refractivity contribution is 5.96. The number of rotatable bonds is 4. The number of amides is 2. The second kappa shape index (κ2) is 7.85. The molecule has 0 aliphatic carbocycles. The van der Waals surface area contributed by atoms with Gasteiger partial charge in [-0.15, -0.1) is 0 Å². The summed E-state index contributed by atoms with van der Waals surface area (Å²) in [5.74, 6) is 2.43. The molecule has 1 aromatic heterocycles. The van der Waals surface area contributed by atoms with Crippen LogP contribution in [0.25, 0.3) is 0 Å². The molecule has 29 heavy (non-hydrogen) atoms. The first-order chi connectivity index (χ1) is 14.0. The van der Waals surface area contributed by atoms with Crippen LogP contribution in [0, 0.1) is 6.92 Å². The third-order valence-electron chi connectivity index (χ3n) is 6.02. The Morgan fingerprint density at radius 3 is 2.52 bits per heavy atom. The third kappa shape index (κ3) is 3.71. The van der Waals surface area contributed by atoms with Crippen LogP contribution in [0.3, 0.4) is 0 Å². The number of hydrogen-bond donors (Lipinski definition) is 0. The molecule has 2 saturated heterocycles. The molecule has 0 spiro atoms. The monoisotopic (exact) mass is 398 g/mol. The molecule has 2 aliphatic heterocycles. The standard InChI is InChI=1S/C21H26N4O4/c1-13-17(5-4-6-18(13)28-3)21(27)25-11-16(12-25)20-22-19(23-29-20)15-7-9-24(10-8-15)14(2)26/h4-6,15-16H,7-12H2,1-3H3. The Bertz CT molecular complexity index is 911. The predicted octanol–water partition coefficient (Wildman–Crippen LogP) is 2.35. The van der Waals surface area contributed by atoms with Crippen LogP contribution in [0.4, 0.5) is 0 Å². The van der Waals surface area contributed by atoms with E-state index in [0.29, 0.717) is 30.3 Å². The van der Waals surface area contributed by atoms with Crippen LogP contribution in [-0.2, 0) is 4.79 Å². The van der Waals surface area contributed by atoms with Crippen molar-refractivity contribution >= 4 is 11.8 Å². The zero-order chi connectivity index (χ0) is 20.5. The minimum Gasteiger partial charge on any atom is -0.496 e. The molecule has 2 aliphatic rings. The number of ether oxygens (including phenoxy) is 1. The lowest BCUT2D eigenvalue weighted by Crippen LogP contribution is -2.48. The summed E-state index contributed by atoms with van der Waals surface area (Å²) < 4.78 is 10.8. The van der Waals surface area contributed by atoms with Gasteiger partial charge >= 0.3 is 0 Å². The zero-order valence-corrected chi connectivity index (χ0v) is 17.1. The zero-order valence-electron chi connectivity index (χ0n) is 17.1. The number of benzene rings is 1. The van der Waals surface area contributed by atoms with E-state index in [1.165, 1.54) is 0 Å². The maximum atomic E-state index is 12.8. The van der Waals surface area contributed by atoms with Gasteiger partial charge in [-0.2, -0.15) is 4.98 Å². The van der Waals surface area contributed by atoms with Crippen molar-refractivity contribution in [3.63, 3.8) is 0 Å². The van der Waals surface area contributed by atoms with Crippen molar-refractivity contribution in [1.29, 1.82) is 0 Å². The molecule has 2 aromatic rings. The Labute approximate surface area is 169 Å². The van der Waals surface area contributed by atoms with Gasteiger partial charge in [0.2, 0.25) is 11.8 Å². The quantitative estimate of drug-likeness (QED) is 0.786. The molecule has 0 unspecified atom stereocenters. The van der Waals surface area contributed by atoms with Gasteiger partial charge in [-0.25, -0.2) is 0 Å². The molecule has 0 radical (unpaired) electrons. The summed E-state index contributed by atoms with van der Waals surface area (Å²) in [6, 6.07) is 5.51. The molecule has 2 amide bonds. The topological polar surface area (TPSA) is 88.8 Å². The first kappa shape index (κ1) is 19.4. The van der Waals surface area contributed by atoms with E-state index in [2.05, 4.69) is 10.1 Å². The van der Waals surface area contributed by atoms with Crippen molar-refractivity contribution in [2.24, 2.45) is 0 Å². The normalized spacial score (nSPS) is 17.9. The number of carbonyl (C=O) groups is 2. The van der Waals surface area contributed by atoms with E-state index in [0.717, 1.165) is 37.3 Å². The van der Waals surface area contributed by atoms with Gasteiger partial charge in [0.15, 0.2) is 5.82 Å². The lowest BCUT2D eigenvalue weighted by molar-refractivity contribution is -0.129. The molecule has 0 atom stereocenters. The minimum absolute atomic E-state index is 0.00556. The average molecular weight is 398 g/mol. The Hall–Kier alpha value is -2.90.